The lowest BCUT2D eigenvalue weighted by molar-refractivity contribution is -0.140. The maximum absolute atomic E-state index is 13.9. The summed E-state index contributed by atoms with van der Waals surface area (Å²) in [5.41, 5.74) is 2.07. The highest BCUT2D eigenvalue weighted by Gasteiger charge is 2.31. The van der Waals surface area contributed by atoms with Crippen molar-refractivity contribution in [1.82, 2.24) is 10.2 Å². The summed E-state index contributed by atoms with van der Waals surface area (Å²) in [5, 5.41) is 2.92. The molecule has 1 atom stereocenters. The van der Waals surface area contributed by atoms with Gasteiger partial charge in [0.05, 0.1) is 19.1 Å². The number of sulfonamides is 1. The SMILES string of the molecule is CC[C@H](C(=O)NCC(C)C)N(Cc1cccc(OC)c1)C(=O)CN(c1ccc(OCc2ccccc2)cc1)S(C)(=O)=O. The fraction of sp³-hybridized carbons (Fsp3) is 0.375. The Morgan fingerprint density at radius 2 is 1.57 bits per heavy atom. The molecule has 0 aromatic heterocycles. The first kappa shape index (κ1) is 32.5. The predicted octanol–water partition coefficient (Wildman–Crippen LogP) is 4.62. The molecule has 0 fully saturated rings. The van der Waals surface area contributed by atoms with Gasteiger partial charge in [0, 0.05) is 13.1 Å². The zero-order valence-corrected chi connectivity index (χ0v) is 25.8. The molecule has 0 aliphatic rings. The van der Waals surface area contributed by atoms with Crippen molar-refractivity contribution in [2.45, 2.75) is 46.4 Å². The second-order valence-corrected chi connectivity index (χ2v) is 12.4. The summed E-state index contributed by atoms with van der Waals surface area (Å²) in [4.78, 5) is 28.5. The Hall–Kier alpha value is -4.05. The molecule has 3 rings (SSSR count). The van der Waals surface area contributed by atoms with Gasteiger partial charge in [-0.25, -0.2) is 8.42 Å². The van der Waals surface area contributed by atoms with Gasteiger partial charge in [-0.3, -0.25) is 13.9 Å². The number of hydrogen-bond acceptors (Lipinski definition) is 6. The monoisotopic (exact) mass is 595 g/mol. The first-order valence-corrected chi connectivity index (χ1v) is 15.8. The van der Waals surface area contributed by atoms with Gasteiger partial charge in [0.2, 0.25) is 21.8 Å². The van der Waals surface area contributed by atoms with Crippen molar-refractivity contribution in [2.75, 3.05) is 30.8 Å². The largest absolute Gasteiger partial charge is 0.497 e. The summed E-state index contributed by atoms with van der Waals surface area (Å²) >= 11 is 0. The fourth-order valence-electron chi connectivity index (χ4n) is 4.37. The maximum Gasteiger partial charge on any atom is 0.244 e. The number of anilines is 1. The van der Waals surface area contributed by atoms with Gasteiger partial charge < -0.3 is 19.7 Å². The van der Waals surface area contributed by atoms with Crippen LogP contribution in [-0.4, -0.2) is 57.6 Å². The summed E-state index contributed by atoms with van der Waals surface area (Å²) in [6, 6.07) is 22.7. The zero-order chi connectivity index (χ0) is 30.7. The lowest BCUT2D eigenvalue weighted by Gasteiger charge is -2.33. The van der Waals surface area contributed by atoms with Crippen LogP contribution in [0.2, 0.25) is 0 Å². The second kappa shape index (κ2) is 15.3. The lowest BCUT2D eigenvalue weighted by Crippen LogP contribution is -2.52. The van der Waals surface area contributed by atoms with Gasteiger partial charge in [-0.2, -0.15) is 0 Å². The van der Waals surface area contributed by atoms with Crippen LogP contribution in [0.3, 0.4) is 0 Å². The molecule has 0 spiro atoms. The van der Waals surface area contributed by atoms with E-state index in [1.54, 1.807) is 49.6 Å². The van der Waals surface area contributed by atoms with E-state index in [9.17, 15) is 18.0 Å². The van der Waals surface area contributed by atoms with E-state index in [1.807, 2.05) is 57.2 Å². The third-order valence-electron chi connectivity index (χ3n) is 6.61. The van der Waals surface area contributed by atoms with Gasteiger partial charge in [-0.05, 0) is 59.9 Å². The number of benzene rings is 3. The second-order valence-electron chi connectivity index (χ2n) is 10.5. The number of amides is 2. The average Bonchev–Trinajstić information content (AvgIpc) is 2.98. The van der Waals surface area contributed by atoms with Crippen LogP contribution in [0.4, 0.5) is 5.69 Å². The van der Waals surface area contributed by atoms with Crippen LogP contribution in [0.5, 0.6) is 11.5 Å². The molecular formula is C32H41N3O6S. The molecule has 0 heterocycles. The van der Waals surface area contributed by atoms with Gasteiger partial charge in [-0.1, -0.05) is 63.2 Å². The van der Waals surface area contributed by atoms with Crippen LogP contribution in [-0.2, 0) is 32.8 Å². The van der Waals surface area contributed by atoms with E-state index in [-0.39, 0.29) is 18.4 Å². The Morgan fingerprint density at radius 1 is 0.905 bits per heavy atom. The molecule has 226 valence electrons. The first-order chi connectivity index (χ1) is 20.0. The van der Waals surface area contributed by atoms with Crippen molar-refractivity contribution < 1.29 is 27.5 Å². The standard InChI is InChI=1S/C32H41N3O6S/c1-6-30(32(37)33-20-24(2)3)34(21-26-13-10-14-29(19-26)40-4)31(36)22-35(42(5,38)39)27-15-17-28(18-16-27)41-23-25-11-8-7-9-12-25/h7-19,24,30H,6,20-23H2,1-5H3,(H,33,37)/t30-/m1/s1. The number of carbonyl (C=O) groups excluding carboxylic acids is 2. The number of nitrogens with one attached hydrogen (secondary N) is 1. The van der Waals surface area contributed by atoms with E-state index in [4.69, 9.17) is 9.47 Å². The number of carbonyl (C=O) groups is 2. The molecule has 2 amide bonds. The van der Waals surface area contributed by atoms with Crippen LogP contribution < -0.4 is 19.1 Å². The molecule has 42 heavy (non-hydrogen) atoms. The number of methoxy groups -OCH3 is 1. The van der Waals surface area contributed by atoms with Gasteiger partial charge in [0.25, 0.3) is 0 Å². The molecule has 9 nitrogen and oxygen atoms in total. The Bertz CT molecular complexity index is 1410. The zero-order valence-electron chi connectivity index (χ0n) is 24.9. The minimum atomic E-state index is -3.85. The van der Waals surface area contributed by atoms with Crippen LogP contribution in [0, 0.1) is 5.92 Å². The van der Waals surface area contributed by atoms with Crippen molar-refractivity contribution in [2.24, 2.45) is 5.92 Å². The van der Waals surface area contributed by atoms with E-state index in [1.165, 1.54) is 4.90 Å². The third kappa shape index (κ3) is 9.51. The molecule has 0 aliphatic carbocycles. The van der Waals surface area contributed by atoms with Crippen LogP contribution in [0.25, 0.3) is 0 Å². The highest BCUT2D eigenvalue weighted by molar-refractivity contribution is 7.92. The summed E-state index contributed by atoms with van der Waals surface area (Å²) in [5.74, 6) is 0.626. The van der Waals surface area contributed by atoms with Crippen molar-refractivity contribution in [3.8, 4) is 11.5 Å². The van der Waals surface area contributed by atoms with Crippen molar-refractivity contribution in [3.63, 3.8) is 0 Å². The number of ether oxygens (including phenoxy) is 2. The minimum Gasteiger partial charge on any atom is -0.497 e. The van der Waals surface area contributed by atoms with Gasteiger partial charge in [0.1, 0.15) is 30.7 Å². The topological polar surface area (TPSA) is 105 Å². The Morgan fingerprint density at radius 3 is 2.17 bits per heavy atom. The highest BCUT2D eigenvalue weighted by atomic mass is 32.2. The predicted molar refractivity (Wildman–Crippen MR) is 165 cm³/mol. The molecule has 1 N–H and O–H groups in total. The fourth-order valence-corrected chi connectivity index (χ4v) is 5.22. The van der Waals surface area contributed by atoms with Crippen molar-refractivity contribution in [3.05, 3.63) is 90.0 Å². The first-order valence-electron chi connectivity index (χ1n) is 14.0. The lowest BCUT2D eigenvalue weighted by atomic mass is 10.1. The number of rotatable bonds is 15. The van der Waals surface area contributed by atoms with E-state index in [0.29, 0.717) is 36.8 Å². The minimum absolute atomic E-state index is 0.105. The van der Waals surface area contributed by atoms with Crippen LogP contribution >= 0.6 is 0 Å². The molecule has 10 heteroatoms. The molecular weight excluding hydrogens is 554 g/mol. The van der Waals surface area contributed by atoms with Crippen molar-refractivity contribution >= 4 is 27.5 Å². The molecule has 3 aromatic rings. The molecule has 3 aromatic carbocycles. The summed E-state index contributed by atoms with van der Waals surface area (Å²) < 4.78 is 38.0. The van der Waals surface area contributed by atoms with E-state index in [0.717, 1.165) is 21.7 Å². The van der Waals surface area contributed by atoms with Crippen LogP contribution in [0.15, 0.2) is 78.9 Å². The summed E-state index contributed by atoms with van der Waals surface area (Å²) in [6.07, 6.45) is 1.41. The Kier molecular flexibility index (Phi) is 11.8. The van der Waals surface area contributed by atoms with E-state index < -0.39 is 28.5 Å². The molecule has 0 unspecified atom stereocenters. The quantitative estimate of drug-likeness (QED) is 0.275. The van der Waals surface area contributed by atoms with E-state index >= 15 is 0 Å². The van der Waals surface area contributed by atoms with Gasteiger partial charge in [-0.15, -0.1) is 0 Å². The summed E-state index contributed by atoms with van der Waals surface area (Å²) in [7, 11) is -2.29. The average molecular weight is 596 g/mol. The summed E-state index contributed by atoms with van der Waals surface area (Å²) in [6.45, 7) is 6.27. The molecule has 0 saturated carbocycles. The maximum atomic E-state index is 13.9. The number of hydrogen-bond donors (Lipinski definition) is 1. The van der Waals surface area contributed by atoms with Crippen LogP contribution in [0.1, 0.15) is 38.3 Å². The smallest absolute Gasteiger partial charge is 0.244 e. The third-order valence-corrected chi connectivity index (χ3v) is 7.75. The number of nitrogens with zero attached hydrogens (tertiary/aromatic N) is 2. The Balaban J connectivity index is 1.86. The highest BCUT2D eigenvalue weighted by Crippen LogP contribution is 2.24. The molecule has 0 bridgehead atoms. The normalized spacial score (nSPS) is 12.0. The Labute approximate surface area is 249 Å². The van der Waals surface area contributed by atoms with Gasteiger partial charge >= 0.3 is 0 Å². The van der Waals surface area contributed by atoms with Crippen molar-refractivity contribution in [1.29, 1.82) is 0 Å². The molecule has 0 radical (unpaired) electrons. The molecule has 0 aliphatic heterocycles. The van der Waals surface area contributed by atoms with E-state index in [2.05, 4.69) is 5.32 Å². The van der Waals surface area contributed by atoms with Gasteiger partial charge in [0.15, 0.2) is 0 Å². The molecule has 0 saturated heterocycles.